The van der Waals surface area contributed by atoms with Crippen molar-refractivity contribution in [3.05, 3.63) is 93.7 Å². The Bertz CT molecular complexity index is 2980. The zero-order valence-electron chi connectivity index (χ0n) is 43.3. The second kappa shape index (κ2) is 27.1. The number of amides is 5. The third-order valence-electron chi connectivity index (χ3n) is 12.1. The molecule has 6 N–H and O–H groups in total. The third kappa shape index (κ3) is 15.0. The van der Waals surface area contributed by atoms with E-state index in [4.69, 9.17) is 40.3 Å². The molecule has 0 atom stereocenters. The Labute approximate surface area is 431 Å². The molecule has 0 fully saturated rings. The molecule has 0 saturated carbocycles. The van der Waals surface area contributed by atoms with E-state index in [2.05, 4.69) is 25.5 Å². The standard InChI is InChI=1S/C50H67N13O12/c1-7-62-41(27-32(3)56-62)47(69)54-49-58(5)39-29-34(45(51)67)9-11-37(39)60(49)17-13-36(75-31-43(64)53-16-20-72-22-24-74-26-25-73-23-21-71-19-15-44(65)66)14-18-61-38-12-10-35(46(52)68)30-40(38)59(6)50(61)55-48(70)42-28-33(4)57-63(42)8-2/h9-12,27-30,36H,7-8,13-26,31H2,1-6H3,(H2,51,67)(H2,52,68)(H,53,64)(H,65,66). The fraction of sp³-hybridized carbons (Fsp3) is 0.480. The minimum absolute atomic E-state index is 0.0644. The Hall–Kier alpha value is -7.58. The number of primary amides is 2. The molecule has 0 radical (unpaired) electrons. The summed E-state index contributed by atoms with van der Waals surface area (Å²) in [6.07, 6.45) is -0.142. The molecule has 4 aromatic heterocycles. The second-order valence-electron chi connectivity index (χ2n) is 17.4. The second-order valence-corrected chi connectivity index (χ2v) is 17.4. The van der Waals surface area contributed by atoms with Gasteiger partial charge in [0.2, 0.25) is 29.0 Å². The van der Waals surface area contributed by atoms with Crippen molar-refractivity contribution in [2.75, 3.05) is 66.0 Å². The first kappa shape index (κ1) is 56.7. The van der Waals surface area contributed by atoms with Crippen LogP contribution in [0.3, 0.4) is 0 Å². The number of nitrogens with two attached hydrogens (primary N) is 2. The van der Waals surface area contributed by atoms with E-state index < -0.39 is 41.6 Å². The number of nitrogens with zero attached hydrogens (tertiary/aromatic N) is 10. The normalized spacial score (nSPS) is 12.6. The number of carbonyl (C=O) groups is 6. The average Bonchev–Trinajstić information content (AvgIpc) is 4.11. The van der Waals surface area contributed by atoms with Crippen molar-refractivity contribution in [2.45, 2.75) is 79.2 Å². The van der Waals surface area contributed by atoms with Gasteiger partial charge in [-0.05, 0) is 89.1 Å². The van der Waals surface area contributed by atoms with Crippen molar-refractivity contribution >= 4 is 57.6 Å². The van der Waals surface area contributed by atoms with Crippen LogP contribution in [0.15, 0.2) is 58.5 Å². The van der Waals surface area contributed by atoms with Crippen LogP contribution >= 0.6 is 0 Å². The van der Waals surface area contributed by atoms with Crippen LogP contribution in [0.2, 0.25) is 0 Å². The molecular weight excluding hydrogens is 975 g/mol. The van der Waals surface area contributed by atoms with Crippen molar-refractivity contribution in [1.82, 2.24) is 43.1 Å². The molecule has 0 spiro atoms. The molecule has 0 aliphatic carbocycles. The van der Waals surface area contributed by atoms with E-state index >= 15 is 0 Å². The molecular formula is C50H67N13O12. The Kier molecular flexibility index (Phi) is 20.5. The van der Waals surface area contributed by atoms with Crippen LogP contribution in [-0.4, -0.2) is 151 Å². The number of rotatable bonds is 30. The molecule has 0 aliphatic heterocycles. The number of hydrogen-bond donors (Lipinski definition) is 4. The van der Waals surface area contributed by atoms with Crippen LogP contribution in [0, 0.1) is 13.8 Å². The number of carboxylic acids is 1. The van der Waals surface area contributed by atoms with Gasteiger partial charge in [0.05, 0.1) is 98.8 Å². The van der Waals surface area contributed by atoms with Gasteiger partial charge in [0.25, 0.3) is 11.8 Å². The average molecular weight is 1040 g/mol. The highest BCUT2D eigenvalue weighted by molar-refractivity contribution is 5.98. The predicted octanol–water partition coefficient (Wildman–Crippen LogP) is 1.53. The molecule has 0 unspecified atom stereocenters. The van der Waals surface area contributed by atoms with E-state index in [1.54, 1.807) is 95.0 Å². The number of aryl methyl sites for hydroxylation is 8. The summed E-state index contributed by atoms with van der Waals surface area (Å²) < 4.78 is 38.4. The molecule has 0 bridgehead atoms. The van der Waals surface area contributed by atoms with Crippen molar-refractivity contribution in [3.8, 4) is 0 Å². The topological polar surface area (TPSA) is 313 Å². The highest BCUT2D eigenvalue weighted by atomic mass is 16.6. The monoisotopic (exact) mass is 1040 g/mol. The highest BCUT2D eigenvalue weighted by Crippen LogP contribution is 2.20. The summed E-state index contributed by atoms with van der Waals surface area (Å²) in [4.78, 5) is 85.5. The van der Waals surface area contributed by atoms with Crippen LogP contribution in [-0.2, 0) is 73.5 Å². The van der Waals surface area contributed by atoms with Crippen molar-refractivity contribution < 1.29 is 57.6 Å². The van der Waals surface area contributed by atoms with Gasteiger partial charge in [-0.25, -0.2) is 0 Å². The largest absolute Gasteiger partial charge is 0.481 e. The quantitative estimate of drug-likeness (QED) is 0.0465. The molecule has 404 valence electrons. The maximum atomic E-state index is 13.9. The number of ether oxygens (including phenoxy) is 5. The van der Waals surface area contributed by atoms with Crippen LogP contribution in [0.5, 0.6) is 0 Å². The summed E-state index contributed by atoms with van der Waals surface area (Å²) in [7, 11) is 3.47. The summed E-state index contributed by atoms with van der Waals surface area (Å²) in [5.41, 5.74) is 16.8. The summed E-state index contributed by atoms with van der Waals surface area (Å²) >= 11 is 0. The molecule has 5 amide bonds. The zero-order valence-corrected chi connectivity index (χ0v) is 43.3. The van der Waals surface area contributed by atoms with Crippen molar-refractivity contribution in [2.24, 2.45) is 35.5 Å². The number of aromatic nitrogens is 8. The first-order valence-corrected chi connectivity index (χ1v) is 24.7. The van der Waals surface area contributed by atoms with E-state index in [1.807, 2.05) is 23.0 Å². The van der Waals surface area contributed by atoms with E-state index in [0.717, 1.165) is 0 Å². The molecule has 75 heavy (non-hydrogen) atoms. The van der Waals surface area contributed by atoms with Crippen molar-refractivity contribution in [3.63, 3.8) is 0 Å². The van der Waals surface area contributed by atoms with E-state index in [0.29, 0.717) is 84.4 Å². The number of carboxylic acid groups (broad SMARTS) is 1. The van der Waals surface area contributed by atoms with Gasteiger partial charge >= 0.3 is 5.97 Å². The summed E-state index contributed by atoms with van der Waals surface area (Å²) in [6, 6.07) is 13.3. The lowest BCUT2D eigenvalue weighted by molar-refractivity contribution is -0.138. The van der Waals surface area contributed by atoms with Crippen molar-refractivity contribution in [1.29, 1.82) is 0 Å². The number of fused-ring (bicyclic) bond motifs is 2. The third-order valence-corrected chi connectivity index (χ3v) is 12.1. The smallest absolute Gasteiger partial charge is 0.305 e. The number of aliphatic carboxylic acids is 1. The van der Waals surface area contributed by atoms with Gasteiger partial charge in [0.15, 0.2) is 0 Å². The maximum absolute atomic E-state index is 13.9. The Morgan fingerprint density at radius 1 is 0.627 bits per heavy atom. The van der Waals surface area contributed by atoms with Gasteiger partial charge < -0.3 is 63.8 Å². The Morgan fingerprint density at radius 3 is 1.47 bits per heavy atom. The van der Waals surface area contributed by atoms with Gasteiger partial charge in [0.1, 0.15) is 18.0 Å². The minimum atomic E-state index is -0.922. The molecule has 6 rings (SSSR count). The first-order valence-electron chi connectivity index (χ1n) is 24.7. The van der Waals surface area contributed by atoms with Gasteiger partial charge in [-0.3, -0.25) is 38.1 Å². The summed E-state index contributed by atoms with van der Waals surface area (Å²) in [5.74, 6) is -3.62. The van der Waals surface area contributed by atoms with Crippen LogP contribution in [0.4, 0.5) is 0 Å². The van der Waals surface area contributed by atoms with Gasteiger partial charge in [-0.1, -0.05) is 0 Å². The highest BCUT2D eigenvalue weighted by Gasteiger charge is 2.22. The lowest BCUT2D eigenvalue weighted by Gasteiger charge is -2.19. The Balaban J connectivity index is 1.22. The maximum Gasteiger partial charge on any atom is 0.305 e. The summed E-state index contributed by atoms with van der Waals surface area (Å²) in [5, 5.41) is 20.3. The number of benzene rings is 2. The lowest BCUT2D eigenvalue weighted by atomic mass is 10.1. The van der Waals surface area contributed by atoms with E-state index in [9.17, 15) is 28.8 Å². The van der Waals surface area contributed by atoms with Gasteiger partial charge in [0, 0.05) is 57.9 Å². The summed E-state index contributed by atoms with van der Waals surface area (Å²) in [6.45, 7) is 10.7. The van der Waals surface area contributed by atoms with Crippen LogP contribution in [0.25, 0.3) is 22.1 Å². The number of hydrogen-bond acceptors (Lipinski definition) is 13. The van der Waals surface area contributed by atoms with Crippen LogP contribution < -0.4 is 28.0 Å². The molecule has 25 nitrogen and oxygen atoms in total. The van der Waals surface area contributed by atoms with Crippen LogP contribution in [0.1, 0.15) is 86.2 Å². The fourth-order valence-electron chi connectivity index (χ4n) is 8.35. The molecule has 0 aliphatic rings. The molecule has 25 heteroatoms. The zero-order chi connectivity index (χ0) is 54.2. The minimum Gasteiger partial charge on any atom is -0.481 e. The SMILES string of the molecule is CCn1nc(C)cc1C(=O)N=c1n(C)c2cc(C(N)=O)ccc2n1CCC(CCn1c(=NC(=O)c2cc(C)nn2CC)n(C)c2cc(C(N)=O)ccc21)OCC(=O)NCCOCCOCCOCCOCCC(=O)O. The Morgan fingerprint density at radius 2 is 1.05 bits per heavy atom. The molecule has 4 heterocycles. The fourth-order valence-corrected chi connectivity index (χ4v) is 8.35. The first-order chi connectivity index (χ1) is 36.0. The van der Waals surface area contributed by atoms with Gasteiger partial charge in [-0.15, -0.1) is 0 Å². The molecule has 6 aromatic rings. The predicted molar refractivity (Wildman–Crippen MR) is 271 cm³/mol. The molecule has 2 aromatic carbocycles. The number of imidazole rings is 2. The van der Waals surface area contributed by atoms with E-state index in [-0.39, 0.29) is 94.3 Å². The lowest BCUT2D eigenvalue weighted by Crippen LogP contribution is -2.34. The number of carbonyl (C=O) groups excluding carboxylic acids is 5. The molecule has 0 saturated heterocycles. The van der Waals surface area contributed by atoms with Gasteiger partial charge in [-0.2, -0.15) is 20.2 Å². The van der Waals surface area contributed by atoms with E-state index in [1.165, 1.54) is 0 Å². The number of nitrogens with one attached hydrogen (secondary N) is 1.